The van der Waals surface area contributed by atoms with E-state index >= 15 is 0 Å². The number of ether oxygens (including phenoxy) is 1. The summed E-state index contributed by atoms with van der Waals surface area (Å²) in [6, 6.07) is 13.6. The number of fused-ring (bicyclic) bond motifs is 3. The number of amides is 1. The number of nitrogens with zero attached hydrogens (tertiary/aromatic N) is 1. The van der Waals surface area contributed by atoms with Crippen LogP contribution in [0, 0.1) is 11.8 Å². The molecule has 0 saturated carbocycles. The average Bonchev–Trinajstić information content (AvgIpc) is 2.95. The maximum Gasteiger partial charge on any atom is 0.416 e. The number of rotatable bonds is 8. The summed E-state index contributed by atoms with van der Waals surface area (Å²) in [7, 11) is 0. The first-order valence-corrected chi connectivity index (χ1v) is 13.8. The van der Waals surface area contributed by atoms with Crippen molar-refractivity contribution in [3.63, 3.8) is 0 Å². The molecule has 39 heavy (non-hydrogen) atoms. The summed E-state index contributed by atoms with van der Waals surface area (Å²) in [5.74, 6) is 0.255. The van der Waals surface area contributed by atoms with Crippen molar-refractivity contribution in [3.05, 3.63) is 89.5 Å². The van der Waals surface area contributed by atoms with Crippen molar-refractivity contribution in [2.24, 2.45) is 17.6 Å². The Balaban J connectivity index is 1.38. The van der Waals surface area contributed by atoms with Crippen molar-refractivity contribution in [1.82, 2.24) is 4.90 Å². The molecule has 1 unspecified atom stereocenters. The van der Waals surface area contributed by atoms with Crippen LogP contribution in [0.25, 0.3) is 0 Å². The van der Waals surface area contributed by atoms with E-state index in [-0.39, 0.29) is 36.3 Å². The predicted molar refractivity (Wildman–Crippen MR) is 146 cm³/mol. The van der Waals surface area contributed by atoms with Crippen molar-refractivity contribution < 1.29 is 22.7 Å². The van der Waals surface area contributed by atoms with E-state index in [4.69, 9.17) is 10.5 Å². The summed E-state index contributed by atoms with van der Waals surface area (Å²) < 4.78 is 47.6. The molecule has 0 radical (unpaired) electrons. The van der Waals surface area contributed by atoms with Gasteiger partial charge >= 0.3 is 6.18 Å². The number of allylic oxidation sites excluding steroid dienone is 3. The highest BCUT2D eigenvalue weighted by Gasteiger charge is 2.45. The number of halogens is 3. The molecule has 0 spiro atoms. The maximum atomic E-state index is 13.7. The number of carbonyl (C=O) groups excluding carboxylic acids is 1. The number of hydrogen-bond donors (Lipinski definition) is 2. The number of nitrogens with one attached hydrogen (secondary N) is 1. The molecule has 5 nitrogen and oxygen atoms in total. The van der Waals surface area contributed by atoms with Gasteiger partial charge in [0.15, 0.2) is 0 Å². The standard InChI is InChI=1S/C31H36F3N3O2/c32-31(33,34)23-12-15-27-26(19-23)30-25(29(36-27)22-10-5-2-6-11-22)14-13-24(39-30)20-37(17-7-16-35)28(38)18-21-8-3-1-4-9-21/h1-6,8-10,12,15,19,22,24-25,29-30,36H,7,11,13-14,16-18,20,35H2/t22?,24-,25+,29+,30+/m1/s1. The highest BCUT2D eigenvalue weighted by Crippen LogP contribution is 2.49. The fraction of sp³-hybridized carbons (Fsp3) is 0.452. The number of alkyl halides is 3. The minimum Gasteiger partial charge on any atom is -0.381 e. The lowest BCUT2D eigenvalue weighted by Crippen LogP contribution is -2.49. The van der Waals surface area contributed by atoms with Crippen molar-refractivity contribution in [3.8, 4) is 0 Å². The molecule has 8 heteroatoms. The van der Waals surface area contributed by atoms with Gasteiger partial charge in [-0.05, 0) is 56.0 Å². The Hall–Kier alpha value is -3.10. The molecule has 5 rings (SSSR count). The first-order valence-electron chi connectivity index (χ1n) is 13.8. The van der Waals surface area contributed by atoms with Gasteiger partial charge in [0.2, 0.25) is 5.91 Å². The van der Waals surface area contributed by atoms with E-state index in [1.54, 1.807) is 0 Å². The summed E-state index contributed by atoms with van der Waals surface area (Å²) in [5.41, 5.74) is 7.27. The van der Waals surface area contributed by atoms with Crippen LogP contribution in [-0.2, 0) is 22.1 Å². The van der Waals surface area contributed by atoms with Crippen molar-refractivity contribution in [1.29, 1.82) is 0 Å². The summed E-state index contributed by atoms with van der Waals surface area (Å²) in [4.78, 5) is 15.1. The van der Waals surface area contributed by atoms with Gasteiger partial charge in [0.05, 0.1) is 24.2 Å². The van der Waals surface area contributed by atoms with Gasteiger partial charge in [-0.1, -0.05) is 54.6 Å². The highest BCUT2D eigenvalue weighted by atomic mass is 19.4. The van der Waals surface area contributed by atoms with Crippen LogP contribution in [0.5, 0.6) is 0 Å². The van der Waals surface area contributed by atoms with Crippen LogP contribution in [0.1, 0.15) is 48.5 Å². The van der Waals surface area contributed by atoms with Gasteiger partial charge in [0.1, 0.15) is 0 Å². The lowest BCUT2D eigenvalue weighted by Gasteiger charge is -2.48. The predicted octanol–water partition coefficient (Wildman–Crippen LogP) is 5.89. The van der Waals surface area contributed by atoms with Crippen LogP contribution >= 0.6 is 0 Å². The molecule has 208 valence electrons. The molecule has 2 aliphatic heterocycles. The number of benzene rings is 2. The molecule has 0 bridgehead atoms. The summed E-state index contributed by atoms with van der Waals surface area (Å²) in [6.07, 6.45) is 6.54. The van der Waals surface area contributed by atoms with Crippen molar-refractivity contribution in [2.45, 2.75) is 56.5 Å². The van der Waals surface area contributed by atoms with Gasteiger partial charge in [-0.2, -0.15) is 13.2 Å². The van der Waals surface area contributed by atoms with Gasteiger partial charge < -0.3 is 20.7 Å². The fourth-order valence-electron chi connectivity index (χ4n) is 6.12. The van der Waals surface area contributed by atoms with E-state index in [9.17, 15) is 18.0 Å². The number of carbonyl (C=O) groups is 1. The second-order valence-electron chi connectivity index (χ2n) is 10.7. The van der Waals surface area contributed by atoms with Gasteiger partial charge in [-0.25, -0.2) is 0 Å². The number of anilines is 1. The van der Waals surface area contributed by atoms with E-state index in [0.717, 1.165) is 30.9 Å². The third-order valence-corrected chi connectivity index (χ3v) is 8.10. The van der Waals surface area contributed by atoms with Crippen molar-refractivity contribution in [2.75, 3.05) is 25.0 Å². The molecule has 1 aliphatic carbocycles. The zero-order chi connectivity index (χ0) is 27.4. The summed E-state index contributed by atoms with van der Waals surface area (Å²) in [5, 5.41) is 3.56. The summed E-state index contributed by atoms with van der Waals surface area (Å²) >= 11 is 0. The highest BCUT2D eigenvalue weighted by molar-refractivity contribution is 5.78. The largest absolute Gasteiger partial charge is 0.416 e. The lowest BCUT2D eigenvalue weighted by molar-refractivity contribution is -0.140. The number of hydrogen-bond acceptors (Lipinski definition) is 4. The van der Waals surface area contributed by atoms with Crippen LogP contribution in [0.4, 0.5) is 18.9 Å². The minimum absolute atomic E-state index is 0.00227. The first-order chi connectivity index (χ1) is 18.8. The van der Waals surface area contributed by atoms with Crippen LogP contribution < -0.4 is 11.1 Å². The monoisotopic (exact) mass is 539 g/mol. The Morgan fingerprint density at radius 2 is 1.92 bits per heavy atom. The van der Waals surface area contributed by atoms with Gasteiger partial charge in [0.25, 0.3) is 0 Å². The molecular weight excluding hydrogens is 503 g/mol. The Bertz CT molecular complexity index is 1200. The van der Waals surface area contributed by atoms with Crippen molar-refractivity contribution >= 4 is 11.6 Å². The Labute approximate surface area is 227 Å². The Kier molecular flexibility index (Phi) is 8.43. The summed E-state index contributed by atoms with van der Waals surface area (Å²) in [6.45, 7) is 1.39. The topological polar surface area (TPSA) is 67.6 Å². The van der Waals surface area contributed by atoms with E-state index < -0.39 is 17.8 Å². The molecule has 0 aromatic heterocycles. The molecule has 1 saturated heterocycles. The van der Waals surface area contributed by atoms with E-state index in [1.165, 1.54) is 12.1 Å². The average molecular weight is 540 g/mol. The molecule has 2 heterocycles. The molecule has 5 atom stereocenters. The Morgan fingerprint density at radius 3 is 2.64 bits per heavy atom. The van der Waals surface area contributed by atoms with E-state index in [1.807, 2.05) is 47.4 Å². The normalized spacial score (nSPS) is 25.9. The van der Waals surface area contributed by atoms with Gasteiger partial charge in [-0.15, -0.1) is 0 Å². The lowest BCUT2D eigenvalue weighted by atomic mass is 9.73. The van der Waals surface area contributed by atoms with E-state index in [0.29, 0.717) is 37.3 Å². The third-order valence-electron chi connectivity index (χ3n) is 8.10. The maximum absolute atomic E-state index is 13.7. The smallest absolute Gasteiger partial charge is 0.381 e. The molecule has 1 fully saturated rings. The second kappa shape index (κ2) is 12.0. The van der Waals surface area contributed by atoms with Crippen LogP contribution in [0.15, 0.2) is 72.8 Å². The van der Waals surface area contributed by atoms with Crippen LogP contribution in [0.2, 0.25) is 0 Å². The van der Waals surface area contributed by atoms with Gasteiger partial charge in [-0.3, -0.25) is 4.79 Å². The van der Waals surface area contributed by atoms with Crippen LogP contribution in [0.3, 0.4) is 0 Å². The second-order valence-corrected chi connectivity index (χ2v) is 10.7. The first kappa shape index (κ1) is 27.5. The molecule has 2 aromatic rings. The quantitative estimate of drug-likeness (QED) is 0.439. The SMILES string of the molecule is NCCCN(C[C@H]1CC[C@@H]2[C@H](O1)c1cc(C(F)(F)F)ccc1N[C@H]2C1C=CC=CC1)C(=O)Cc1ccccc1. The molecule has 1 amide bonds. The molecule has 3 aliphatic rings. The molecule has 2 aromatic carbocycles. The minimum atomic E-state index is -4.44. The third kappa shape index (κ3) is 6.39. The van der Waals surface area contributed by atoms with E-state index in [2.05, 4.69) is 17.5 Å². The molecular formula is C31H36F3N3O2. The van der Waals surface area contributed by atoms with Crippen LogP contribution in [-0.4, -0.2) is 42.6 Å². The Morgan fingerprint density at radius 1 is 1.10 bits per heavy atom. The fourth-order valence-corrected chi connectivity index (χ4v) is 6.12. The number of nitrogens with two attached hydrogens (primary N) is 1. The van der Waals surface area contributed by atoms with Gasteiger partial charge in [0, 0.05) is 42.2 Å². The zero-order valence-corrected chi connectivity index (χ0v) is 21.9. The zero-order valence-electron chi connectivity index (χ0n) is 21.9. The molecule has 3 N–H and O–H groups in total.